The van der Waals surface area contributed by atoms with Crippen LogP contribution in [0.1, 0.15) is 12.8 Å². The Morgan fingerprint density at radius 2 is 1.88 bits per heavy atom. The lowest BCUT2D eigenvalue weighted by Gasteiger charge is -2.30. The molecule has 1 saturated heterocycles. The molecule has 1 fully saturated rings. The average Bonchev–Trinajstić information content (AvgIpc) is 2.41. The number of likely N-dealkylation sites (tertiary alicyclic amines) is 1. The predicted octanol–water partition coefficient (Wildman–Crippen LogP) is 3.17. The first-order valence-corrected chi connectivity index (χ1v) is 7.47. The number of hydrogen-bond donors (Lipinski definition) is 0. The normalized spacial score (nSPS) is 18.2. The van der Waals surface area contributed by atoms with Crippen LogP contribution in [0, 0.1) is 5.92 Å². The van der Waals surface area contributed by atoms with Gasteiger partial charge in [-0.05, 0) is 44.0 Å². The van der Waals surface area contributed by atoms with E-state index < -0.39 is 0 Å². The fraction of sp³-hybridized carbons (Fsp3) is 0.571. The van der Waals surface area contributed by atoms with E-state index in [1.807, 2.05) is 30.3 Å². The highest BCUT2D eigenvalue weighted by atomic mass is 79.9. The Labute approximate surface area is 112 Å². The van der Waals surface area contributed by atoms with Gasteiger partial charge in [0.15, 0.2) is 0 Å². The number of piperidine rings is 1. The van der Waals surface area contributed by atoms with Gasteiger partial charge in [-0.2, -0.15) is 0 Å². The highest BCUT2D eigenvalue weighted by Crippen LogP contribution is 2.18. The molecule has 0 spiro atoms. The van der Waals surface area contributed by atoms with Crippen LogP contribution in [0.4, 0.5) is 0 Å². The van der Waals surface area contributed by atoms with Crippen molar-refractivity contribution in [3.8, 4) is 5.75 Å². The van der Waals surface area contributed by atoms with Crippen LogP contribution in [0.2, 0.25) is 0 Å². The summed E-state index contributed by atoms with van der Waals surface area (Å²) in [4.78, 5) is 2.50. The van der Waals surface area contributed by atoms with Crippen molar-refractivity contribution in [2.45, 2.75) is 12.8 Å². The summed E-state index contributed by atoms with van der Waals surface area (Å²) >= 11 is 3.57. The monoisotopic (exact) mass is 297 g/mol. The Morgan fingerprint density at radius 1 is 1.18 bits per heavy atom. The zero-order valence-electron chi connectivity index (χ0n) is 10.1. The van der Waals surface area contributed by atoms with Gasteiger partial charge >= 0.3 is 0 Å². The van der Waals surface area contributed by atoms with E-state index in [-0.39, 0.29) is 0 Å². The average molecular weight is 298 g/mol. The van der Waals surface area contributed by atoms with Gasteiger partial charge in [0.1, 0.15) is 12.4 Å². The minimum Gasteiger partial charge on any atom is -0.492 e. The number of para-hydroxylation sites is 1. The van der Waals surface area contributed by atoms with E-state index in [0.717, 1.165) is 30.1 Å². The van der Waals surface area contributed by atoms with Crippen LogP contribution in [0.3, 0.4) is 0 Å². The Bertz CT molecular complexity index is 309. The summed E-state index contributed by atoms with van der Waals surface area (Å²) < 4.78 is 5.71. The van der Waals surface area contributed by atoms with Gasteiger partial charge in [-0.15, -0.1) is 0 Å². The highest BCUT2D eigenvalue weighted by Gasteiger charge is 2.17. The number of rotatable bonds is 5. The van der Waals surface area contributed by atoms with Gasteiger partial charge in [0.25, 0.3) is 0 Å². The van der Waals surface area contributed by atoms with Crippen LogP contribution in [0.5, 0.6) is 5.75 Å². The molecule has 0 amide bonds. The molecule has 2 nitrogen and oxygen atoms in total. The molecule has 0 unspecified atom stereocenters. The first-order valence-electron chi connectivity index (χ1n) is 6.34. The molecule has 1 heterocycles. The molecule has 1 aliphatic rings. The molecule has 2 rings (SSSR count). The zero-order valence-corrected chi connectivity index (χ0v) is 11.7. The van der Waals surface area contributed by atoms with Crippen molar-refractivity contribution < 1.29 is 4.74 Å². The van der Waals surface area contributed by atoms with E-state index in [0.29, 0.717) is 0 Å². The third-order valence-corrected chi connectivity index (χ3v) is 4.26. The SMILES string of the molecule is BrCC1CCN(CCOc2ccccc2)CC1. The van der Waals surface area contributed by atoms with Gasteiger partial charge in [0, 0.05) is 11.9 Å². The smallest absolute Gasteiger partial charge is 0.119 e. The van der Waals surface area contributed by atoms with Crippen LogP contribution < -0.4 is 4.74 Å². The van der Waals surface area contributed by atoms with Gasteiger partial charge < -0.3 is 4.74 Å². The lowest BCUT2D eigenvalue weighted by Crippen LogP contribution is -2.36. The molecule has 0 saturated carbocycles. The summed E-state index contributed by atoms with van der Waals surface area (Å²) in [6.07, 6.45) is 2.63. The highest BCUT2D eigenvalue weighted by molar-refractivity contribution is 9.09. The Morgan fingerprint density at radius 3 is 2.53 bits per heavy atom. The molecule has 0 bridgehead atoms. The molecule has 3 heteroatoms. The summed E-state index contributed by atoms with van der Waals surface area (Å²) in [6, 6.07) is 10.1. The molecule has 0 radical (unpaired) electrons. The Balaban J connectivity index is 1.63. The lowest BCUT2D eigenvalue weighted by atomic mass is 9.99. The van der Waals surface area contributed by atoms with E-state index in [9.17, 15) is 0 Å². The topological polar surface area (TPSA) is 12.5 Å². The first-order chi connectivity index (χ1) is 8.38. The second-order valence-electron chi connectivity index (χ2n) is 4.60. The maximum Gasteiger partial charge on any atom is 0.119 e. The molecule has 0 atom stereocenters. The Kier molecular flexibility index (Phi) is 5.33. The van der Waals surface area contributed by atoms with Crippen LogP contribution in [-0.2, 0) is 0 Å². The van der Waals surface area contributed by atoms with Crippen molar-refractivity contribution in [1.82, 2.24) is 4.90 Å². The van der Waals surface area contributed by atoms with Crippen molar-refractivity contribution >= 4 is 15.9 Å². The quantitative estimate of drug-likeness (QED) is 0.774. The fourth-order valence-electron chi connectivity index (χ4n) is 2.17. The second-order valence-corrected chi connectivity index (χ2v) is 5.25. The largest absolute Gasteiger partial charge is 0.492 e. The molecule has 94 valence electrons. The van der Waals surface area contributed by atoms with Gasteiger partial charge in [0.05, 0.1) is 0 Å². The van der Waals surface area contributed by atoms with Gasteiger partial charge in [-0.3, -0.25) is 4.90 Å². The van der Waals surface area contributed by atoms with E-state index in [2.05, 4.69) is 20.8 Å². The van der Waals surface area contributed by atoms with Crippen molar-refractivity contribution in [2.75, 3.05) is 31.6 Å². The fourth-order valence-corrected chi connectivity index (χ4v) is 2.82. The standard InChI is InChI=1S/C14H20BrNO/c15-12-13-6-8-16(9-7-13)10-11-17-14-4-2-1-3-5-14/h1-5,13H,6-12H2. The number of nitrogens with zero attached hydrogens (tertiary/aromatic N) is 1. The second kappa shape index (κ2) is 7.02. The summed E-state index contributed by atoms with van der Waals surface area (Å²) in [6.45, 7) is 4.27. The van der Waals surface area contributed by atoms with Crippen molar-refractivity contribution in [3.05, 3.63) is 30.3 Å². The van der Waals surface area contributed by atoms with Gasteiger partial charge in [-0.1, -0.05) is 34.1 Å². The minimum absolute atomic E-state index is 0.795. The third kappa shape index (κ3) is 4.32. The van der Waals surface area contributed by atoms with E-state index >= 15 is 0 Å². The van der Waals surface area contributed by atoms with Crippen LogP contribution >= 0.6 is 15.9 Å². The van der Waals surface area contributed by atoms with Gasteiger partial charge in [0.2, 0.25) is 0 Å². The molecule has 17 heavy (non-hydrogen) atoms. The summed E-state index contributed by atoms with van der Waals surface area (Å²) in [7, 11) is 0. The lowest BCUT2D eigenvalue weighted by molar-refractivity contribution is 0.162. The van der Waals surface area contributed by atoms with Crippen LogP contribution in [0.15, 0.2) is 30.3 Å². The number of halogens is 1. The number of hydrogen-bond acceptors (Lipinski definition) is 2. The van der Waals surface area contributed by atoms with Crippen LogP contribution in [0.25, 0.3) is 0 Å². The molecule has 0 N–H and O–H groups in total. The van der Waals surface area contributed by atoms with E-state index in [1.165, 1.54) is 25.9 Å². The maximum absolute atomic E-state index is 5.71. The molecular weight excluding hydrogens is 278 g/mol. The third-order valence-electron chi connectivity index (χ3n) is 3.34. The number of benzene rings is 1. The first kappa shape index (κ1) is 12.9. The molecule has 1 aromatic carbocycles. The number of alkyl halides is 1. The molecular formula is C14H20BrNO. The predicted molar refractivity (Wildman–Crippen MR) is 74.9 cm³/mol. The molecule has 1 aromatic rings. The number of ether oxygens (including phenoxy) is 1. The maximum atomic E-state index is 5.71. The minimum atomic E-state index is 0.795. The van der Waals surface area contributed by atoms with Crippen molar-refractivity contribution in [3.63, 3.8) is 0 Å². The summed E-state index contributed by atoms with van der Waals surface area (Å²) in [5.41, 5.74) is 0. The van der Waals surface area contributed by atoms with E-state index in [1.54, 1.807) is 0 Å². The molecule has 0 aliphatic carbocycles. The van der Waals surface area contributed by atoms with Crippen molar-refractivity contribution in [1.29, 1.82) is 0 Å². The van der Waals surface area contributed by atoms with E-state index in [4.69, 9.17) is 4.74 Å². The van der Waals surface area contributed by atoms with Gasteiger partial charge in [-0.25, -0.2) is 0 Å². The summed E-state index contributed by atoms with van der Waals surface area (Å²) in [5, 5.41) is 1.15. The van der Waals surface area contributed by atoms with Crippen LogP contribution in [-0.4, -0.2) is 36.5 Å². The molecule has 1 aliphatic heterocycles. The zero-order chi connectivity index (χ0) is 11.9. The Hall–Kier alpha value is -0.540. The molecule has 0 aromatic heterocycles. The summed E-state index contributed by atoms with van der Waals surface area (Å²) in [5.74, 6) is 1.85. The van der Waals surface area contributed by atoms with Crippen molar-refractivity contribution in [2.24, 2.45) is 5.92 Å².